The van der Waals surface area contributed by atoms with Crippen molar-refractivity contribution in [2.24, 2.45) is 0 Å². The molecule has 8 nitrogen and oxygen atoms in total. The largest absolute Gasteiger partial charge is 0.493 e. The molecule has 3 N–H and O–H groups in total. The summed E-state index contributed by atoms with van der Waals surface area (Å²) >= 11 is 6.35. The highest BCUT2D eigenvalue weighted by atomic mass is 35.5. The summed E-state index contributed by atoms with van der Waals surface area (Å²) < 4.78 is 46.6. The van der Waals surface area contributed by atoms with Gasteiger partial charge in [-0.05, 0) is 42.9 Å². The maximum atomic E-state index is 14.2. The quantitative estimate of drug-likeness (QED) is 0.291. The minimum Gasteiger partial charge on any atom is -0.493 e. The zero-order chi connectivity index (χ0) is 27.6. The first-order valence-corrected chi connectivity index (χ1v) is 14.1. The molecule has 0 saturated carbocycles. The second-order valence-electron chi connectivity index (χ2n) is 9.26. The first-order chi connectivity index (χ1) is 18.7. The Bertz CT molecular complexity index is 1660. The van der Waals surface area contributed by atoms with Crippen molar-refractivity contribution in [1.82, 2.24) is 15.0 Å². The number of carbonyl (C=O) groups excluding carboxylic acids is 1. The van der Waals surface area contributed by atoms with Crippen LogP contribution in [0.4, 0.5) is 10.1 Å². The lowest BCUT2D eigenvalue weighted by atomic mass is 9.74. The predicted molar refractivity (Wildman–Crippen MR) is 148 cm³/mol. The first kappa shape index (κ1) is 27.0. The van der Waals surface area contributed by atoms with Gasteiger partial charge in [0.2, 0.25) is 15.9 Å². The van der Waals surface area contributed by atoms with Gasteiger partial charge in [0.05, 0.1) is 23.9 Å². The summed E-state index contributed by atoms with van der Waals surface area (Å²) in [7, 11) is -2.75. The zero-order valence-corrected chi connectivity index (χ0v) is 22.6. The Morgan fingerprint density at radius 3 is 2.77 bits per heavy atom. The minimum absolute atomic E-state index is 0.180. The van der Waals surface area contributed by atoms with Gasteiger partial charge in [-0.25, -0.2) is 17.5 Å². The Morgan fingerprint density at radius 2 is 1.95 bits per heavy atom. The van der Waals surface area contributed by atoms with E-state index >= 15 is 0 Å². The molecule has 0 fully saturated rings. The van der Waals surface area contributed by atoms with Gasteiger partial charge in [-0.15, -0.1) is 0 Å². The lowest BCUT2D eigenvalue weighted by Gasteiger charge is -2.38. The van der Waals surface area contributed by atoms with E-state index < -0.39 is 26.2 Å². The summed E-state index contributed by atoms with van der Waals surface area (Å²) in [4.78, 5) is 17.9. The third kappa shape index (κ3) is 5.33. The highest BCUT2D eigenvalue weighted by Gasteiger charge is 2.44. The Hall–Kier alpha value is -3.57. The number of ether oxygens (including phenoxy) is 1. The predicted octanol–water partition coefficient (Wildman–Crippen LogP) is 4.38. The van der Waals surface area contributed by atoms with Crippen LogP contribution >= 0.6 is 11.6 Å². The van der Waals surface area contributed by atoms with Crippen LogP contribution in [0.25, 0.3) is 10.8 Å². The van der Waals surface area contributed by atoms with Crippen LogP contribution in [0, 0.1) is 5.82 Å². The van der Waals surface area contributed by atoms with Gasteiger partial charge in [0.1, 0.15) is 16.5 Å². The normalized spacial score (nSPS) is 16.9. The van der Waals surface area contributed by atoms with Crippen molar-refractivity contribution in [3.8, 4) is 5.75 Å². The van der Waals surface area contributed by atoms with Gasteiger partial charge >= 0.3 is 0 Å². The number of carbonyl (C=O) groups is 1. The summed E-state index contributed by atoms with van der Waals surface area (Å²) in [6, 6.07) is 16.7. The molecule has 0 saturated heterocycles. The van der Waals surface area contributed by atoms with E-state index in [1.165, 1.54) is 19.2 Å². The number of amides is 1. The van der Waals surface area contributed by atoms with E-state index in [2.05, 4.69) is 20.3 Å². The van der Waals surface area contributed by atoms with Crippen molar-refractivity contribution in [3.63, 3.8) is 0 Å². The minimum atomic E-state index is -3.97. The molecule has 0 radical (unpaired) electrons. The summed E-state index contributed by atoms with van der Waals surface area (Å²) in [5.41, 5.74) is 0.678. The summed E-state index contributed by atoms with van der Waals surface area (Å²) in [6.45, 7) is 0.673. The molecule has 11 heteroatoms. The number of nitrogens with zero attached hydrogens (tertiary/aromatic N) is 1. The van der Waals surface area contributed by atoms with Gasteiger partial charge in [-0.2, -0.15) is 0 Å². The average molecular weight is 569 g/mol. The number of sulfonamides is 1. The fourth-order valence-electron chi connectivity index (χ4n) is 4.82. The van der Waals surface area contributed by atoms with Crippen molar-refractivity contribution in [3.05, 3.63) is 95.0 Å². The van der Waals surface area contributed by atoms with E-state index in [0.717, 1.165) is 16.8 Å². The number of hydrogen-bond donors (Lipinski definition) is 3. The van der Waals surface area contributed by atoms with E-state index in [-0.39, 0.29) is 19.0 Å². The van der Waals surface area contributed by atoms with Crippen LogP contribution in [0.15, 0.2) is 78.0 Å². The smallest absolute Gasteiger partial charge is 0.243 e. The van der Waals surface area contributed by atoms with E-state index in [1.54, 1.807) is 30.6 Å². The molecule has 202 valence electrons. The van der Waals surface area contributed by atoms with Crippen molar-refractivity contribution in [2.45, 2.75) is 23.3 Å². The molecule has 1 aliphatic rings. The third-order valence-electron chi connectivity index (χ3n) is 6.90. The van der Waals surface area contributed by atoms with E-state index in [9.17, 15) is 17.6 Å². The Balaban J connectivity index is 1.47. The lowest BCUT2D eigenvalue weighted by Crippen LogP contribution is -2.50. The zero-order valence-electron chi connectivity index (χ0n) is 21.0. The van der Waals surface area contributed by atoms with Gasteiger partial charge in [0, 0.05) is 47.1 Å². The molecule has 4 aromatic rings. The summed E-state index contributed by atoms with van der Waals surface area (Å²) in [6.07, 6.45) is 3.71. The van der Waals surface area contributed by atoms with E-state index in [1.807, 2.05) is 24.3 Å². The van der Waals surface area contributed by atoms with Crippen LogP contribution in [-0.2, 0) is 26.8 Å². The number of benzene rings is 3. The summed E-state index contributed by atoms with van der Waals surface area (Å²) in [5, 5.41) is 8.56. The van der Waals surface area contributed by atoms with Crippen molar-refractivity contribution < 1.29 is 22.3 Å². The van der Waals surface area contributed by atoms with Gasteiger partial charge < -0.3 is 15.4 Å². The van der Waals surface area contributed by atoms with Crippen LogP contribution in [0.1, 0.15) is 17.5 Å². The van der Waals surface area contributed by atoms with Gasteiger partial charge in [-0.3, -0.25) is 9.78 Å². The highest BCUT2D eigenvalue weighted by Crippen LogP contribution is 2.41. The Kier molecular flexibility index (Phi) is 7.55. The molecule has 5 rings (SSSR count). The maximum Gasteiger partial charge on any atom is 0.243 e. The highest BCUT2D eigenvalue weighted by molar-refractivity contribution is 7.89. The number of fused-ring (bicyclic) bond motifs is 2. The van der Waals surface area contributed by atoms with Gasteiger partial charge in [-0.1, -0.05) is 41.9 Å². The van der Waals surface area contributed by atoms with Crippen LogP contribution in [0.5, 0.6) is 5.75 Å². The second-order valence-corrected chi connectivity index (χ2v) is 11.6. The number of anilines is 1. The van der Waals surface area contributed by atoms with Crippen molar-refractivity contribution >= 4 is 44.0 Å². The number of hydrogen-bond acceptors (Lipinski definition) is 6. The molecule has 1 atom stereocenters. The maximum absolute atomic E-state index is 14.2. The Morgan fingerprint density at radius 1 is 1.13 bits per heavy atom. The topological polar surface area (TPSA) is 109 Å². The molecule has 0 aliphatic carbocycles. The molecule has 39 heavy (non-hydrogen) atoms. The molecular formula is C28H26ClFN4O4S. The molecule has 3 aromatic carbocycles. The van der Waals surface area contributed by atoms with E-state index in [0.29, 0.717) is 40.6 Å². The monoisotopic (exact) mass is 568 g/mol. The average Bonchev–Trinajstić information content (AvgIpc) is 2.94. The number of aromatic nitrogens is 1. The number of pyridine rings is 1. The van der Waals surface area contributed by atoms with Gasteiger partial charge in [0.25, 0.3) is 0 Å². The van der Waals surface area contributed by atoms with E-state index in [4.69, 9.17) is 16.3 Å². The van der Waals surface area contributed by atoms with Crippen LogP contribution < -0.4 is 20.1 Å². The molecule has 1 amide bonds. The number of halogens is 2. The fraction of sp³-hybridized carbons (Fsp3) is 0.214. The molecule has 2 heterocycles. The summed E-state index contributed by atoms with van der Waals surface area (Å²) in [5.74, 6) is -0.555. The molecular weight excluding hydrogens is 543 g/mol. The molecule has 0 spiro atoms. The third-order valence-corrected chi connectivity index (χ3v) is 8.57. The fourth-order valence-corrected chi connectivity index (χ4v) is 5.85. The van der Waals surface area contributed by atoms with Gasteiger partial charge in [0.15, 0.2) is 0 Å². The molecule has 0 bridgehead atoms. The van der Waals surface area contributed by atoms with Crippen LogP contribution in [0.2, 0.25) is 5.02 Å². The SMILES string of the molecule is CNS(=O)(=O)c1cc(CNC[C@]2(C(=O)Nc3cncc4ccccc34)CCOc3ccc(Cl)cc32)ccc1F. The van der Waals surface area contributed by atoms with Crippen molar-refractivity contribution in [2.75, 3.05) is 25.5 Å². The number of nitrogens with one attached hydrogen (secondary N) is 3. The standard InChI is InChI=1S/C28H26ClFN4O4S/c1-31-39(36,37)26-12-18(6-8-23(26)30)14-33-17-28(10-11-38-25-9-7-20(29)13-22(25)28)27(35)34-24-16-32-15-19-4-2-3-5-21(19)24/h2-9,12-13,15-16,31,33H,10-11,14,17H2,1H3,(H,34,35)/t28-/m1/s1. The molecule has 1 aromatic heterocycles. The lowest BCUT2D eigenvalue weighted by molar-refractivity contribution is -0.122. The second kappa shape index (κ2) is 10.9. The van der Waals surface area contributed by atoms with Crippen LogP contribution in [-0.4, -0.2) is 39.5 Å². The molecule has 1 aliphatic heterocycles. The van der Waals surface area contributed by atoms with Crippen LogP contribution in [0.3, 0.4) is 0 Å². The Labute approximate surface area is 230 Å². The molecule has 0 unspecified atom stereocenters. The number of rotatable bonds is 8. The first-order valence-electron chi connectivity index (χ1n) is 12.2. The van der Waals surface area contributed by atoms with Crippen molar-refractivity contribution in [1.29, 1.82) is 0 Å².